The first-order chi connectivity index (χ1) is 12.1. The number of hydrogen-bond donors (Lipinski definition) is 1. The predicted molar refractivity (Wildman–Crippen MR) is 98.8 cm³/mol. The van der Waals surface area contributed by atoms with Gasteiger partial charge in [-0.05, 0) is 25.3 Å². The maximum absolute atomic E-state index is 12.7. The van der Waals surface area contributed by atoms with Gasteiger partial charge in [0.05, 0.1) is 11.8 Å². The molecule has 0 aliphatic carbocycles. The number of aromatic amines is 1. The molecule has 1 amide bonds. The molecular formula is C18H24N4O2S. The molecule has 3 rings (SSSR count). The Morgan fingerprint density at radius 1 is 1.20 bits per heavy atom. The summed E-state index contributed by atoms with van der Waals surface area (Å²) in [5.74, 6) is 0.133. The van der Waals surface area contributed by atoms with Crippen molar-refractivity contribution in [3.05, 3.63) is 46.4 Å². The van der Waals surface area contributed by atoms with Crippen molar-refractivity contribution in [2.24, 2.45) is 0 Å². The summed E-state index contributed by atoms with van der Waals surface area (Å²) in [6.07, 6.45) is 4.54. The first kappa shape index (κ1) is 17.8. The predicted octanol–water partition coefficient (Wildman–Crippen LogP) is 2.50. The quantitative estimate of drug-likeness (QED) is 0.832. The Morgan fingerprint density at radius 2 is 1.88 bits per heavy atom. The van der Waals surface area contributed by atoms with Crippen molar-refractivity contribution >= 4 is 17.7 Å². The van der Waals surface area contributed by atoms with Gasteiger partial charge in [-0.3, -0.25) is 9.36 Å². The summed E-state index contributed by atoms with van der Waals surface area (Å²) in [6.45, 7) is 4.01. The van der Waals surface area contributed by atoms with Crippen molar-refractivity contribution in [3.63, 3.8) is 0 Å². The lowest BCUT2D eigenvalue weighted by Gasteiger charge is -2.23. The SMILES string of the molecule is C[C@@H](Sc1n[nH]c(=O)n1Cc1ccccc1)C(=O)N1CCCCCC1. The fraction of sp³-hybridized carbons (Fsp3) is 0.500. The van der Waals surface area contributed by atoms with E-state index in [0.29, 0.717) is 11.7 Å². The number of rotatable bonds is 5. The Labute approximate surface area is 151 Å². The molecule has 0 unspecified atom stereocenters. The Balaban J connectivity index is 1.70. The molecular weight excluding hydrogens is 336 g/mol. The molecule has 1 atom stereocenters. The number of aromatic nitrogens is 3. The van der Waals surface area contributed by atoms with Gasteiger partial charge in [0.15, 0.2) is 5.16 Å². The lowest BCUT2D eigenvalue weighted by atomic mass is 10.2. The molecule has 1 aromatic carbocycles. The van der Waals surface area contributed by atoms with E-state index in [1.165, 1.54) is 24.6 Å². The van der Waals surface area contributed by atoms with Crippen LogP contribution >= 0.6 is 11.8 Å². The van der Waals surface area contributed by atoms with E-state index in [1.807, 2.05) is 42.2 Å². The number of hydrogen-bond acceptors (Lipinski definition) is 4. The molecule has 1 aliphatic rings. The topological polar surface area (TPSA) is 71.0 Å². The van der Waals surface area contributed by atoms with E-state index in [2.05, 4.69) is 10.2 Å². The zero-order chi connectivity index (χ0) is 17.6. The number of likely N-dealkylation sites (tertiary alicyclic amines) is 1. The van der Waals surface area contributed by atoms with E-state index in [9.17, 15) is 9.59 Å². The standard InChI is InChI=1S/C18H24N4O2S/c1-14(16(23)21-11-7-2-3-8-12-21)25-18-20-19-17(24)22(18)13-15-9-5-4-6-10-15/h4-6,9-10,14H,2-3,7-8,11-13H2,1H3,(H,19,24)/t14-/m1/s1. The van der Waals surface area contributed by atoms with Crippen LogP contribution in [0.4, 0.5) is 0 Å². The zero-order valence-electron chi connectivity index (χ0n) is 14.5. The van der Waals surface area contributed by atoms with Crippen LogP contribution in [0.2, 0.25) is 0 Å². The zero-order valence-corrected chi connectivity index (χ0v) is 15.3. The highest BCUT2D eigenvalue weighted by Crippen LogP contribution is 2.23. The molecule has 1 aromatic heterocycles. The summed E-state index contributed by atoms with van der Waals surface area (Å²) >= 11 is 1.35. The molecule has 2 heterocycles. The first-order valence-corrected chi connectivity index (χ1v) is 9.67. The van der Waals surface area contributed by atoms with Gasteiger partial charge >= 0.3 is 5.69 Å². The van der Waals surface area contributed by atoms with Crippen LogP contribution in [0.5, 0.6) is 0 Å². The molecule has 6 nitrogen and oxygen atoms in total. The van der Waals surface area contributed by atoms with Crippen molar-refractivity contribution in [2.75, 3.05) is 13.1 Å². The van der Waals surface area contributed by atoms with Gasteiger partial charge in [-0.1, -0.05) is 54.9 Å². The number of thioether (sulfide) groups is 1. The second-order valence-corrected chi connectivity index (χ2v) is 7.69. The summed E-state index contributed by atoms with van der Waals surface area (Å²) in [6, 6.07) is 9.77. The van der Waals surface area contributed by atoms with Crippen molar-refractivity contribution in [1.29, 1.82) is 0 Å². The van der Waals surface area contributed by atoms with Gasteiger partial charge in [0.1, 0.15) is 0 Å². The highest BCUT2D eigenvalue weighted by Gasteiger charge is 2.24. The van der Waals surface area contributed by atoms with Gasteiger partial charge in [-0.25, -0.2) is 9.89 Å². The lowest BCUT2D eigenvalue weighted by Crippen LogP contribution is -2.37. The smallest absolute Gasteiger partial charge is 0.342 e. The lowest BCUT2D eigenvalue weighted by molar-refractivity contribution is -0.130. The number of carbonyl (C=O) groups excluding carboxylic acids is 1. The third-order valence-corrected chi connectivity index (χ3v) is 5.53. The molecule has 1 fully saturated rings. The number of nitrogens with one attached hydrogen (secondary N) is 1. The van der Waals surface area contributed by atoms with Crippen molar-refractivity contribution in [2.45, 2.75) is 49.6 Å². The Hall–Kier alpha value is -2.02. The molecule has 1 aliphatic heterocycles. The molecule has 7 heteroatoms. The highest BCUT2D eigenvalue weighted by atomic mass is 32.2. The average molecular weight is 360 g/mol. The van der Waals surface area contributed by atoms with Gasteiger partial charge in [0.2, 0.25) is 5.91 Å². The molecule has 0 saturated carbocycles. The second kappa shape index (κ2) is 8.38. The third-order valence-electron chi connectivity index (χ3n) is 4.45. The highest BCUT2D eigenvalue weighted by molar-refractivity contribution is 8.00. The number of H-pyrrole nitrogens is 1. The summed E-state index contributed by atoms with van der Waals surface area (Å²) in [7, 11) is 0. The molecule has 2 aromatic rings. The summed E-state index contributed by atoms with van der Waals surface area (Å²) in [5.41, 5.74) is 0.778. The van der Waals surface area contributed by atoms with Crippen LogP contribution < -0.4 is 5.69 Å². The van der Waals surface area contributed by atoms with Gasteiger partial charge in [0, 0.05) is 13.1 Å². The van der Waals surface area contributed by atoms with E-state index >= 15 is 0 Å². The van der Waals surface area contributed by atoms with Gasteiger partial charge in [-0.2, -0.15) is 0 Å². The van der Waals surface area contributed by atoms with Crippen molar-refractivity contribution in [3.8, 4) is 0 Å². The molecule has 134 valence electrons. The molecule has 0 bridgehead atoms. The fourth-order valence-electron chi connectivity index (χ4n) is 3.06. The first-order valence-electron chi connectivity index (χ1n) is 8.80. The van der Waals surface area contributed by atoms with Gasteiger partial charge in [0.25, 0.3) is 0 Å². The Kier molecular flexibility index (Phi) is 5.96. The van der Waals surface area contributed by atoms with Crippen LogP contribution in [0.3, 0.4) is 0 Å². The van der Waals surface area contributed by atoms with Crippen molar-refractivity contribution < 1.29 is 4.79 Å². The number of nitrogens with zero attached hydrogens (tertiary/aromatic N) is 3. The van der Waals surface area contributed by atoms with E-state index in [1.54, 1.807) is 4.57 Å². The van der Waals surface area contributed by atoms with E-state index < -0.39 is 0 Å². The third kappa shape index (κ3) is 4.54. The monoisotopic (exact) mass is 360 g/mol. The Morgan fingerprint density at radius 3 is 2.56 bits per heavy atom. The average Bonchev–Trinajstić information content (AvgIpc) is 2.84. The molecule has 25 heavy (non-hydrogen) atoms. The fourth-order valence-corrected chi connectivity index (χ4v) is 3.99. The normalized spacial score (nSPS) is 16.4. The number of benzene rings is 1. The Bertz CT molecular complexity index is 748. The van der Waals surface area contributed by atoms with Gasteiger partial charge < -0.3 is 4.90 Å². The minimum Gasteiger partial charge on any atom is -0.342 e. The van der Waals surface area contributed by atoms with E-state index in [4.69, 9.17) is 0 Å². The molecule has 0 spiro atoms. The van der Waals surface area contributed by atoms with Crippen LogP contribution in [0.15, 0.2) is 40.3 Å². The minimum absolute atomic E-state index is 0.133. The molecule has 1 saturated heterocycles. The molecule has 0 radical (unpaired) electrons. The summed E-state index contributed by atoms with van der Waals surface area (Å²) in [5, 5.41) is 6.92. The van der Waals surface area contributed by atoms with E-state index in [0.717, 1.165) is 31.5 Å². The van der Waals surface area contributed by atoms with Crippen LogP contribution in [0, 0.1) is 0 Å². The number of carbonyl (C=O) groups is 1. The summed E-state index contributed by atoms with van der Waals surface area (Å²) in [4.78, 5) is 26.7. The van der Waals surface area contributed by atoms with Gasteiger partial charge in [-0.15, -0.1) is 5.10 Å². The van der Waals surface area contributed by atoms with E-state index in [-0.39, 0.29) is 16.8 Å². The largest absolute Gasteiger partial charge is 0.344 e. The minimum atomic E-state index is -0.261. The maximum atomic E-state index is 12.7. The summed E-state index contributed by atoms with van der Waals surface area (Å²) < 4.78 is 1.59. The van der Waals surface area contributed by atoms with Crippen LogP contribution in [0.1, 0.15) is 38.2 Å². The second-order valence-electron chi connectivity index (χ2n) is 6.38. The molecule has 1 N–H and O–H groups in total. The number of amides is 1. The van der Waals surface area contributed by atoms with Crippen LogP contribution in [-0.2, 0) is 11.3 Å². The maximum Gasteiger partial charge on any atom is 0.344 e. The van der Waals surface area contributed by atoms with Crippen LogP contribution in [0.25, 0.3) is 0 Å². The van der Waals surface area contributed by atoms with Crippen LogP contribution in [-0.4, -0.2) is 43.9 Å². The van der Waals surface area contributed by atoms with Crippen molar-refractivity contribution in [1.82, 2.24) is 19.7 Å².